The Morgan fingerprint density at radius 2 is 1.83 bits per heavy atom. The number of hydrogen-bond donors (Lipinski definition) is 2. The van der Waals surface area contributed by atoms with Gasteiger partial charge in [0.15, 0.2) is 0 Å². The molecule has 3 aromatic rings. The van der Waals surface area contributed by atoms with Crippen molar-refractivity contribution in [1.82, 2.24) is 9.97 Å². The van der Waals surface area contributed by atoms with E-state index >= 15 is 0 Å². The highest BCUT2D eigenvalue weighted by Crippen LogP contribution is 2.18. The summed E-state index contributed by atoms with van der Waals surface area (Å²) in [4.78, 5) is 10.2. The van der Waals surface area contributed by atoms with Gasteiger partial charge in [0.2, 0.25) is 5.95 Å². The Kier molecular flexibility index (Phi) is 3.86. The van der Waals surface area contributed by atoms with E-state index in [0.29, 0.717) is 0 Å². The second-order valence-electron chi connectivity index (χ2n) is 5.72. The molecule has 1 saturated heterocycles. The highest BCUT2D eigenvalue weighted by atomic mass is 16.5. The fourth-order valence-electron chi connectivity index (χ4n) is 2.87. The van der Waals surface area contributed by atoms with Gasteiger partial charge in [0, 0.05) is 25.3 Å². The Morgan fingerprint density at radius 1 is 1.04 bits per heavy atom. The van der Waals surface area contributed by atoms with Crippen LogP contribution in [0.3, 0.4) is 0 Å². The van der Waals surface area contributed by atoms with Crippen molar-refractivity contribution in [2.24, 2.45) is 0 Å². The summed E-state index contributed by atoms with van der Waals surface area (Å²) in [6.07, 6.45) is 0. The zero-order valence-corrected chi connectivity index (χ0v) is 13.0. The number of nitrogens with zero attached hydrogens (tertiary/aromatic N) is 2. The molecule has 0 bridgehead atoms. The fourth-order valence-corrected chi connectivity index (χ4v) is 2.87. The number of ether oxygens (including phenoxy) is 1. The normalized spacial score (nSPS) is 15.0. The van der Waals surface area contributed by atoms with Crippen LogP contribution in [0.25, 0.3) is 11.0 Å². The Labute approximate surface area is 135 Å². The highest BCUT2D eigenvalue weighted by Gasteiger charge is 2.10. The van der Waals surface area contributed by atoms with Crippen molar-refractivity contribution in [3.8, 4) is 0 Å². The van der Waals surface area contributed by atoms with Crippen molar-refractivity contribution >= 4 is 22.7 Å². The van der Waals surface area contributed by atoms with E-state index in [0.717, 1.165) is 49.8 Å². The van der Waals surface area contributed by atoms with Gasteiger partial charge >= 0.3 is 0 Å². The Bertz CT molecular complexity index is 742. The summed E-state index contributed by atoms with van der Waals surface area (Å²) in [7, 11) is 0. The van der Waals surface area contributed by atoms with Crippen molar-refractivity contribution in [1.29, 1.82) is 0 Å². The lowest BCUT2D eigenvalue weighted by atomic mass is 10.2. The number of nitrogens with one attached hydrogen (secondary N) is 2. The van der Waals surface area contributed by atoms with E-state index < -0.39 is 0 Å². The number of H-pyrrole nitrogens is 1. The predicted molar refractivity (Wildman–Crippen MR) is 92.9 cm³/mol. The first kappa shape index (κ1) is 14.1. The van der Waals surface area contributed by atoms with Crippen LogP contribution < -0.4 is 10.2 Å². The first-order chi connectivity index (χ1) is 11.4. The Balaban J connectivity index is 1.40. The van der Waals surface area contributed by atoms with E-state index in [4.69, 9.17) is 4.74 Å². The summed E-state index contributed by atoms with van der Waals surface area (Å²) in [5, 5.41) is 3.35. The van der Waals surface area contributed by atoms with Crippen molar-refractivity contribution in [2.45, 2.75) is 6.54 Å². The fraction of sp³-hybridized carbons (Fsp3) is 0.278. The molecule has 2 N–H and O–H groups in total. The number of aromatic amines is 1. The third-order valence-corrected chi connectivity index (χ3v) is 4.16. The zero-order chi connectivity index (χ0) is 15.5. The average Bonchev–Trinajstić information content (AvgIpc) is 3.04. The maximum Gasteiger partial charge on any atom is 0.201 e. The van der Waals surface area contributed by atoms with Gasteiger partial charge in [-0.15, -0.1) is 0 Å². The second-order valence-corrected chi connectivity index (χ2v) is 5.72. The van der Waals surface area contributed by atoms with E-state index in [1.807, 2.05) is 24.3 Å². The molecule has 118 valence electrons. The summed E-state index contributed by atoms with van der Waals surface area (Å²) >= 11 is 0. The van der Waals surface area contributed by atoms with Crippen LogP contribution in [0.1, 0.15) is 5.56 Å². The van der Waals surface area contributed by atoms with Crippen molar-refractivity contribution in [3.05, 3.63) is 54.1 Å². The van der Waals surface area contributed by atoms with E-state index in [-0.39, 0.29) is 0 Å². The van der Waals surface area contributed by atoms with Crippen LogP contribution in [0.4, 0.5) is 11.6 Å². The standard InChI is InChI=1S/C18H20N4O/c1-2-4-17-16(3-1)20-18(21-17)19-13-14-5-7-15(8-6-14)22-9-11-23-12-10-22/h1-8H,9-13H2,(H2,19,20,21). The van der Waals surface area contributed by atoms with E-state index in [2.05, 4.69) is 44.5 Å². The van der Waals surface area contributed by atoms with Gasteiger partial charge < -0.3 is 19.9 Å². The largest absolute Gasteiger partial charge is 0.378 e. The molecular weight excluding hydrogens is 288 g/mol. The Morgan fingerprint density at radius 3 is 2.61 bits per heavy atom. The number of rotatable bonds is 4. The number of anilines is 2. The first-order valence-electron chi connectivity index (χ1n) is 7.99. The molecule has 0 radical (unpaired) electrons. The van der Waals surface area contributed by atoms with E-state index in [1.54, 1.807) is 0 Å². The molecule has 0 saturated carbocycles. The van der Waals surface area contributed by atoms with Crippen LogP contribution in [0.15, 0.2) is 48.5 Å². The van der Waals surface area contributed by atoms with Gasteiger partial charge in [-0.25, -0.2) is 4.98 Å². The van der Waals surface area contributed by atoms with Crippen LogP contribution in [0, 0.1) is 0 Å². The van der Waals surface area contributed by atoms with Gasteiger partial charge in [-0.3, -0.25) is 0 Å². The summed E-state index contributed by atoms with van der Waals surface area (Å²) in [5.74, 6) is 0.809. The van der Waals surface area contributed by atoms with Crippen LogP contribution in [0.5, 0.6) is 0 Å². The predicted octanol–water partition coefficient (Wildman–Crippen LogP) is 3.01. The molecular formula is C18H20N4O. The molecule has 4 rings (SSSR count). The number of aromatic nitrogens is 2. The van der Waals surface area contributed by atoms with Gasteiger partial charge in [0.25, 0.3) is 0 Å². The number of benzene rings is 2. The summed E-state index contributed by atoms with van der Waals surface area (Å²) < 4.78 is 5.40. The number of hydrogen-bond acceptors (Lipinski definition) is 4. The monoisotopic (exact) mass is 308 g/mol. The van der Waals surface area contributed by atoms with Crippen LogP contribution in [0.2, 0.25) is 0 Å². The minimum Gasteiger partial charge on any atom is -0.378 e. The quantitative estimate of drug-likeness (QED) is 0.778. The molecule has 1 aromatic heterocycles. The molecule has 0 spiro atoms. The molecule has 23 heavy (non-hydrogen) atoms. The molecule has 5 heteroatoms. The van der Waals surface area contributed by atoms with Gasteiger partial charge in [-0.2, -0.15) is 0 Å². The SMILES string of the molecule is c1ccc2[nH]c(NCc3ccc(N4CCOCC4)cc3)nc2c1. The lowest BCUT2D eigenvalue weighted by Gasteiger charge is -2.28. The molecule has 5 nitrogen and oxygen atoms in total. The Hall–Kier alpha value is -2.53. The van der Waals surface area contributed by atoms with E-state index in [9.17, 15) is 0 Å². The maximum atomic E-state index is 5.40. The summed E-state index contributed by atoms with van der Waals surface area (Å²) in [5.41, 5.74) is 4.54. The van der Waals surface area contributed by atoms with Crippen molar-refractivity contribution in [2.75, 3.05) is 36.5 Å². The van der Waals surface area contributed by atoms with Crippen molar-refractivity contribution < 1.29 is 4.74 Å². The zero-order valence-electron chi connectivity index (χ0n) is 13.0. The average molecular weight is 308 g/mol. The summed E-state index contributed by atoms with van der Waals surface area (Å²) in [6, 6.07) is 16.7. The van der Waals surface area contributed by atoms with Crippen LogP contribution in [-0.4, -0.2) is 36.3 Å². The lowest BCUT2D eigenvalue weighted by molar-refractivity contribution is 0.122. The molecule has 2 heterocycles. The smallest absolute Gasteiger partial charge is 0.201 e. The van der Waals surface area contributed by atoms with Gasteiger partial charge in [-0.1, -0.05) is 24.3 Å². The van der Waals surface area contributed by atoms with Crippen molar-refractivity contribution in [3.63, 3.8) is 0 Å². The molecule has 1 fully saturated rings. The molecule has 2 aromatic carbocycles. The number of para-hydroxylation sites is 2. The minimum absolute atomic E-state index is 0.753. The molecule has 1 aliphatic rings. The maximum absolute atomic E-state index is 5.40. The molecule has 0 atom stereocenters. The van der Waals surface area contributed by atoms with Gasteiger partial charge in [-0.05, 0) is 29.8 Å². The van der Waals surface area contributed by atoms with E-state index in [1.165, 1.54) is 11.3 Å². The second kappa shape index (κ2) is 6.30. The van der Waals surface area contributed by atoms with Gasteiger partial charge in [0.1, 0.15) is 0 Å². The molecule has 0 unspecified atom stereocenters. The first-order valence-corrected chi connectivity index (χ1v) is 7.99. The molecule has 0 aliphatic carbocycles. The van der Waals surface area contributed by atoms with Crippen LogP contribution >= 0.6 is 0 Å². The third-order valence-electron chi connectivity index (χ3n) is 4.16. The number of imidazole rings is 1. The highest BCUT2D eigenvalue weighted by molar-refractivity contribution is 5.77. The van der Waals surface area contributed by atoms with Crippen LogP contribution in [-0.2, 0) is 11.3 Å². The third kappa shape index (κ3) is 3.14. The minimum atomic E-state index is 0.753. The number of morpholine rings is 1. The number of fused-ring (bicyclic) bond motifs is 1. The topological polar surface area (TPSA) is 53.2 Å². The molecule has 1 aliphatic heterocycles. The summed E-state index contributed by atoms with van der Waals surface area (Å²) in [6.45, 7) is 4.32. The van der Waals surface area contributed by atoms with Gasteiger partial charge in [0.05, 0.1) is 24.2 Å². The lowest BCUT2D eigenvalue weighted by Crippen LogP contribution is -2.36. The molecule has 0 amide bonds.